The van der Waals surface area contributed by atoms with Gasteiger partial charge in [0.1, 0.15) is 10.7 Å². The van der Waals surface area contributed by atoms with Crippen LogP contribution >= 0.6 is 11.3 Å². The van der Waals surface area contributed by atoms with Crippen molar-refractivity contribution < 1.29 is 5.11 Å². The smallest absolute Gasteiger partial charge is 0.227 e. The maximum absolute atomic E-state index is 9.12. The molecule has 0 saturated carbocycles. The van der Waals surface area contributed by atoms with Crippen LogP contribution in [0, 0.1) is 0 Å². The molecule has 0 atom stereocenters. The molecule has 114 valence electrons. The highest BCUT2D eigenvalue weighted by Crippen LogP contribution is 2.23. The monoisotopic (exact) mass is 323 g/mol. The van der Waals surface area contributed by atoms with Crippen molar-refractivity contribution >= 4 is 33.9 Å². The molecule has 0 aliphatic rings. The normalized spacial score (nSPS) is 11.0. The topological polar surface area (TPSA) is 86.7 Å². The third-order valence-electron chi connectivity index (χ3n) is 3.41. The second-order valence-electron chi connectivity index (χ2n) is 4.95. The number of aromatic amines is 1. The number of rotatable bonds is 4. The molecule has 0 bridgehead atoms. The first-order valence-electron chi connectivity index (χ1n) is 7.05. The summed E-state index contributed by atoms with van der Waals surface area (Å²) < 4.78 is 0. The van der Waals surface area contributed by atoms with Crippen LogP contribution < -0.4 is 5.32 Å². The fraction of sp³-hybridized carbons (Fsp3) is 0.0625. The molecule has 0 saturated heterocycles. The van der Waals surface area contributed by atoms with Crippen molar-refractivity contribution in [2.75, 3.05) is 5.32 Å². The molecule has 3 heterocycles. The Kier molecular flexibility index (Phi) is 3.49. The number of nitrogens with one attached hydrogen (secondary N) is 2. The number of aliphatic hydroxyl groups is 1. The van der Waals surface area contributed by atoms with Crippen molar-refractivity contribution in [3.05, 3.63) is 53.1 Å². The fourth-order valence-corrected chi connectivity index (χ4v) is 2.97. The summed E-state index contributed by atoms with van der Waals surface area (Å²) in [5.74, 6) is 0.510. The van der Waals surface area contributed by atoms with Crippen molar-refractivity contribution in [3.8, 4) is 11.4 Å². The van der Waals surface area contributed by atoms with Gasteiger partial charge in [-0.25, -0.2) is 15.0 Å². The van der Waals surface area contributed by atoms with E-state index < -0.39 is 0 Å². The van der Waals surface area contributed by atoms with Crippen LogP contribution in [0.1, 0.15) is 5.01 Å². The molecule has 0 fully saturated rings. The summed E-state index contributed by atoms with van der Waals surface area (Å²) in [4.78, 5) is 16.2. The average molecular weight is 323 g/mol. The van der Waals surface area contributed by atoms with Gasteiger partial charge in [0, 0.05) is 34.4 Å². The Labute approximate surface area is 135 Å². The Morgan fingerprint density at radius 2 is 2.09 bits per heavy atom. The molecule has 6 nitrogen and oxygen atoms in total. The summed E-state index contributed by atoms with van der Waals surface area (Å²) in [5, 5.41) is 16.0. The minimum absolute atomic E-state index is 0.0580. The van der Waals surface area contributed by atoms with Crippen LogP contribution in [0.25, 0.3) is 22.3 Å². The van der Waals surface area contributed by atoms with Crippen LogP contribution in [0.4, 0.5) is 11.6 Å². The summed E-state index contributed by atoms with van der Waals surface area (Å²) in [7, 11) is 0. The molecule has 0 aliphatic heterocycles. The molecule has 0 spiro atoms. The van der Waals surface area contributed by atoms with Gasteiger partial charge in [0.25, 0.3) is 0 Å². The quantitative estimate of drug-likeness (QED) is 0.536. The molecule has 4 rings (SSSR count). The summed E-state index contributed by atoms with van der Waals surface area (Å²) in [5.41, 5.74) is 3.47. The second-order valence-corrected chi connectivity index (χ2v) is 5.90. The largest absolute Gasteiger partial charge is 0.389 e. The highest BCUT2D eigenvalue weighted by atomic mass is 32.1. The van der Waals surface area contributed by atoms with Crippen molar-refractivity contribution in [2.45, 2.75) is 6.61 Å². The molecule has 7 heteroatoms. The molecule has 3 N–H and O–H groups in total. The summed E-state index contributed by atoms with van der Waals surface area (Å²) in [6, 6.07) is 9.84. The molecule has 1 aromatic carbocycles. The van der Waals surface area contributed by atoms with Gasteiger partial charge in [-0.1, -0.05) is 0 Å². The fourth-order valence-electron chi connectivity index (χ4n) is 2.32. The molecule has 3 aromatic heterocycles. The van der Waals surface area contributed by atoms with E-state index in [1.54, 1.807) is 12.3 Å². The van der Waals surface area contributed by atoms with Crippen molar-refractivity contribution in [2.24, 2.45) is 0 Å². The molecular weight excluding hydrogens is 310 g/mol. The number of thiazole rings is 1. The van der Waals surface area contributed by atoms with Gasteiger partial charge >= 0.3 is 0 Å². The predicted molar refractivity (Wildman–Crippen MR) is 90.6 cm³/mol. The van der Waals surface area contributed by atoms with Crippen LogP contribution in [-0.2, 0) is 6.61 Å². The maximum atomic E-state index is 9.12. The van der Waals surface area contributed by atoms with E-state index >= 15 is 0 Å². The van der Waals surface area contributed by atoms with E-state index in [2.05, 4.69) is 25.3 Å². The zero-order chi connectivity index (χ0) is 15.6. The van der Waals surface area contributed by atoms with Gasteiger partial charge in [-0.05, 0) is 30.3 Å². The van der Waals surface area contributed by atoms with Crippen LogP contribution in [0.5, 0.6) is 0 Å². The van der Waals surface area contributed by atoms with E-state index in [1.807, 2.05) is 35.8 Å². The number of fused-ring (bicyclic) bond motifs is 1. The molecule has 4 aromatic rings. The Bertz CT molecular complexity index is 962. The van der Waals surface area contributed by atoms with E-state index in [4.69, 9.17) is 5.11 Å². The lowest BCUT2D eigenvalue weighted by molar-refractivity contribution is 0.281. The van der Waals surface area contributed by atoms with E-state index in [9.17, 15) is 0 Å². The van der Waals surface area contributed by atoms with Gasteiger partial charge in [0.2, 0.25) is 5.95 Å². The molecule has 0 aliphatic carbocycles. The summed E-state index contributed by atoms with van der Waals surface area (Å²) in [6.07, 6.45) is 3.60. The number of hydrogen-bond acceptors (Lipinski definition) is 6. The first-order valence-corrected chi connectivity index (χ1v) is 7.92. The minimum atomic E-state index is -0.0580. The third-order valence-corrected chi connectivity index (χ3v) is 4.25. The number of nitrogens with zero attached hydrogens (tertiary/aromatic N) is 3. The lowest BCUT2D eigenvalue weighted by atomic mass is 10.2. The zero-order valence-corrected chi connectivity index (χ0v) is 12.8. The zero-order valence-electron chi connectivity index (χ0n) is 12.0. The van der Waals surface area contributed by atoms with E-state index in [0.29, 0.717) is 11.0 Å². The number of benzene rings is 1. The van der Waals surface area contributed by atoms with E-state index in [0.717, 1.165) is 28.0 Å². The van der Waals surface area contributed by atoms with Gasteiger partial charge in [0.15, 0.2) is 0 Å². The van der Waals surface area contributed by atoms with Crippen LogP contribution in [-0.4, -0.2) is 25.0 Å². The number of aliphatic hydroxyl groups excluding tert-OH is 1. The van der Waals surface area contributed by atoms with Gasteiger partial charge in [-0.2, -0.15) is 0 Å². The SMILES string of the molecule is OCc1nc(-c2ccnc(Nc3ccc4[nH]ccc4c3)n2)cs1. The first-order chi connectivity index (χ1) is 11.3. The van der Waals surface area contributed by atoms with E-state index in [1.165, 1.54) is 11.3 Å². The lowest BCUT2D eigenvalue weighted by Crippen LogP contribution is -1.98. The summed E-state index contributed by atoms with van der Waals surface area (Å²) >= 11 is 1.41. The van der Waals surface area contributed by atoms with Crippen LogP contribution in [0.3, 0.4) is 0 Å². The highest BCUT2D eigenvalue weighted by Gasteiger charge is 2.07. The lowest BCUT2D eigenvalue weighted by Gasteiger charge is -2.06. The second kappa shape index (κ2) is 5.79. The van der Waals surface area contributed by atoms with E-state index in [-0.39, 0.29) is 6.61 Å². The first kappa shape index (κ1) is 13.9. The number of hydrogen-bond donors (Lipinski definition) is 3. The average Bonchev–Trinajstić information content (AvgIpc) is 3.24. The Morgan fingerprint density at radius 1 is 1.13 bits per heavy atom. The maximum Gasteiger partial charge on any atom is 0.227 e. The molecule has 0 radical (unpaired) electrons. The highest BCUT2D eigenvalue weighted by molar-refractivity contribution is 7.09. The standard InChI is InChI=1S/C16H13N5OS/c22-8-15-20-14(9-23-15)13-4-6-18-16(21-13)19-11-1-2-12-10(7-11)3-5-17-12/h1-7,9,17,22H,8H2,(H,18,19,21). The summed E-state index contributed by atoms with van der Waals surface area (Å²) in [6.45, 7) is -0.0580. The molecular formula is C16H13N5OS. The van der Waals surface area contributed by atoms with Crippen molar-refractivity contribution in [1.82, 2.24) is 19.9 Å². The number of H-pyrrole nitrogens is 1. The third kappa shape index (κ3) is 2.79. The number of anilines is 2. The van der Waals surface area contributed by atoms with Crippen molar-refractivity contribution in [3.63, 3.8) is 0 Å². The van der Waals surface area contributed by atoms with Crippen molar-refractivity contribution in [1.29, 1.82) is 0 Å². The molecule has 23 heavy (non-hydrogen) atoms. The minimum Gasteiger partial charge on any atom is -0.389 e. The van der Waals surface area contributed by atoms with Gasteiger partial charge < -0.3 is 15.4 Å². The van der Waals surface area contributed by atoms with Crippen LogP contribution in [0.15, 0.2) is 48.1 Å². The molecule has 0 unspecified atom stereocenters. The predicted octanol–water partition coefficient (Wildman–Crippen LogP) is 3.32. The van der Waals surface area contributed by atoms with Gasteiger partial charge in [-0.15, -0.1) is 11.3 Å². The Morgan fingerprint density at radius 3 is 2.96 bits per heavy atom. The Hall–Kier alpha value is -2.77. The molecule has 0 amide bonds. The van der Waals surface area contributed by atoms with Crippen LogP contribution in [0.2, 0.25) is 0 Å². The Balaban J connectivity index is 1.62. The van der Waals surface area contributed by atoms with Gasteiger partial charge in [-0.3, -0.25) is 0 Å². The number of aromatic nitrogens is 4. The van der Waals surface area contributed by atoms with Gasteiger partial charge in [0.05, 0.1) is 12.3 Å².